The van der Waals surface area contributed by atoms with Crippen LogP contribution >= 0.6 is 0 Å². The second-order valence-electron chi connectivity index (χ2n) is 4.04. The normalized spacial score (nSPS) is 9.95. The number of esters is 1. The van der Waals surface area contributed by atoms with E-state index >= 15 is 0 Å². The fourth-order valence-electron chi connectivity index (χ4n) is 1.52. The van der Waals surface area contributed by atoms with Crippen LogP contribution in [0, 0.1) is 11.0 Å². The second kappa shape index (κ2) is 6.47. The van der Waals surface area contributed by atoms with Crippen molar-refractivity contribution in [2.75, 3.05) is 11.9 Å². The van der Waals surface area contributed by atoms with Gasteiger partial charge in [0.15, 0.2) is 12.8 Å². The first-order chi connectivity index (χ1) is 10.1. The summed E-state index contributed by atoms with van der Waals surface area (Å²) in [7, 11) is 0. The lowest BCUT2D eigenvalue weighted by Crippen LogP contribution is -2.35. The van der Waals surface area contributed by atoms with Crippen molar-refractivity contribution in [2.45, 2.75) is 0 Å². The topological polar surface area (TPSA) is 82.3 Å². The number of rotatable bonds is 4. The Balaban J connectivity index is 1.88. The molecule has 1 amide bonds. The molecule has 108 valence electrons. The summed E-state index contributed by atoms with van der Waals surface area (Å²) in [5.41, 5.74) is 0.156. The standard InChI is InChI=1S/C14H11FN2O4/c15-10-4-6-11(7-5-10)16-13(18)9-21-14(19)12-3-1-2-8-17(12)20/h1-8H,9H2,(H,16,18). The van der Waals surface area contributed by atoms with Crippen LogP contribution in [0.25, 0.3) is 0 Å². The average molecular weight is 290 g/mol. The number of aromatic nitrogens is 1. The molecule has 0 fully saturated rings. The number of carbonyl (C=O) groups is 2. The van der Waals surface area contributed by atoms with Gasteiger partial charge in [0.1, 0.15) is 5.82 Å². The lowest BCUT2D eigenvalue weighted by atomic mass is 10.3. The SMILES string of the molecule is O=C(COC(=O)c1cccc[n+]1[O-])Nc1ccc(F)cc1. The number of halogens is 1. The summed E-state index contributed by atoms with van der Waals surface area (Å²) in [5, 5.41) is 13.7. The maximum atomic E-state index is 12.7. The van der Waals surface area contributed by atoms with Gasteiger partial charge < -0.3 is 15.3 Å². The van der Waals surface area contributed by atoms with Crippen molar-refractivity contribution in [3.8, 4) is 0 Å². The van der Waals surface area contributed by atoms with E-state index in [-0.39, 0.29) is 5.69 Å². The molecule has 0 aliphatic rings. The molecule has 1 N–H and O–H groups in total. The second-order valence-corrected chi connectivity index (χ2v) is 4.04. The summed E-state index contributed by atoms with van der Waals surface area (Å²) in [6, 6.07) is 9.37. The minimum absolute atomic E-state index is 0.216. The summed E-state index contributed by atoms with van der Waals surface area (Å²) in [5.74, 6) is -1.92. The molecule has 7 heteroatoms. The van der Waals surface area contributed by atoms with Gasteiger partial charge in [0.2, 0.25) is 0 Å². The van der Waals surface area contributed by atoms with E-state index < -0.39 is 24.3 Å². The van der Waals surface area contributed by atoms with E-state index in [1.807, 2.05) is 0 Å². The van der Waals surface area contributed by atoms with Gasteiger partial charge in [-0.15, -0.1) is 0 Å². The molecule has 2 rings (SSSR count). The number of nitrogens with one attached hydrogen (secondary N) is 1. The number of benzene rings is 1. The van der Waals surface area contributed by atoms with Crippen LogP contribution in [-0.2, 0) is 9.53 Å². The highest BCUT2D eigenvalue weighted by Crippen LogP contribution is 2.08. The highest BCUT2D eigenvalue weighted by molar-refractivity contribution is 5.94. The van der Waals surface area contributed by atoms with E-state index in [9.17, 15) is 19.2 Å². The zero-order valence-corrected chi connectivity index (χ0v) is 10.8. The number of anilines is 1. The van der Waals surface area contributed by atoms with Crippen LogP contribution in [0.1, 0.15) is 10.5 Å². The van der Waals surface area contributed by atoms with E-state index in [0.29, 0.717) is 10.4 Å². The Bertz CT molecular complexity index is 658. The Morgan fingerprint density at radius 3 is 2.57 bits per heavy atom. The molecule has 1 aromatic heterocycles. The summed E-state index contributed by atoms with van der Waals surface area (Å²) >= 11 is 0. The molecule has 0 saturated heterocycles. The van der Waals surface area contributed by atoms with Gasteiger partial charge in [0.05, 0.1) is 0 Å². The molecule has 0 aliphatic heterocycles. The largest absolute Gasteiger partial charge is 0.618 e. The molecule has 1 heterocycles. The predicted molar refractivity (Wildman–Crippen MR) is 70.7 cm³/mol. The van der Waals surface area contributed by atoms with Crippen LogP contribution in [0.3, 0.4) is 0 Å². The molecule has 0 atom stereocenters. The fourth-order valence-corrected chi connectivity index (χ4v) is 1.52. The third kappa shape index (κ3) is 4.00. The predicted octanol–water partition coefficient (Wildman–Crippen LogP) is 1.25. The zero-order valence-electron chi connectivity index (χ0n) is 10.8. The van der Waals surface area contributed by atoms with Crippen LogP contribution in [0.5, 0.6) is 0 Å². The summed E-state index contributed by atoms with van der Waals surface area (Å²) < 4.78 is 17.8. The molecule has 0 radical (unpaired) electrons. The number of hydrogen-bond donors (Lipinski definition) is 1. The third-order valence-corrected chi connectivity index (χ3v) is 2.50. The molecule has 0 spiro atoms. The number of ether oxygens (including phenoxy) is 1. The average Bonchev–Trinajstić information content (AvgIpc) is 2.48. The van der Waals surface area contributed by atoms with Crippen LogP contribution in [-0.4, -0.2) is 18.5 Å². The highest BCUT2D eigenvalue weighted by Gasteiger charge is 2.18. The molecular formula is C14H11FN2O4. The quantitative estimate of drug-likeness (QED) is 0.522. The molecule has 1 aromatic carbocycles. The van der Waals surface area contributed by atoms with E-state index in [4.69, 9.17) is 4.74 Å². The Morgan fingerprint density at radius 1 is 1.19 bits per heavy atom. The van der Waals surface area contributed by atoms with Gasteiger partial charge in [-0.1, -0.05) is 0 Å². The Hall–Kier alpha value is -2.96. The molecule has 0 bridgehead atoms. The Labute approximate surface area is 119 Å². The number of pyridine rings is 1. The molecule has 0 aliphatic carbocycles. The minimum atomic E-state index is -0.903. The lowest BCUT2D eigenvalue weighted by molar-refractivity contribution is -0.608. The first-order valence-electron chi connectivity index (χ1n) is 5.97. The van der Waals surface area contributed by atoms with Crippen molar-refractivity contribution in [3.63, 3.8) is 0 Å². The number of nitrogens with zero attached hydrogens (tertiary/aromatic N) is 1. The Kier molecular flexibility index (Phi) is 4.45. The van der Waals surface area contributed by atoms with E-state index in [0.717, 1.165) is 6.20 Å². The third-order valence-electron chi connectivity index (χ3n) is 2.50. The van der Waals surface area contributed by atoms with Crippen molar-refractivity contribution >= 4 is 17.6 Å². The van der Waals surface area contributed by atoms with Crippen LogP contribution in [0.15, 0.2) is 48.7 Å². The van der Waals surface area contributed by atoms with Gasteiger partial charge >= 0.3 is 11.7 Å². The van der Waals surface area contributed by atoms with E-state index in [2.05, 4.69) is 5.32 Å². The van der Waals surface area contributed by atoms with Crippen molar-refractivity contribution < 1.29 is 23.4 Å². The maximum absolute atomic E-state index is 12.7. The van der Waals surface area contributed by atoms with Crippen molar-refractivity contribution in [1.29, 1.82) is 0 Å². The number of carbonyl (C=O) groups excluding carboxylic acids is 2. The molecule has 21 heavy (non-hydrogen) atoms. The van der Waals surface area contributed by atoms with Crippen LogP contribution < -0.4 is 10.0 Å². The first kappa shape index (κ1) is 14.4. The maximum Gasteiger partial charge on any atom is 0.405 e. The van der Waals surface area contributed by atoms with Crippen LogP contribution in [0.2, 0.25) is 0 Å². The van der Waals surface area contributed by atoms with Gasteiger partial charge in [-0.05, 0) is 30.3 Å². The van der Waals surface area contributed by atoms with Crippen molar-refractivity contribution in [1.82, 2.24) is 0 Å². The molecule has 0 saturated carbocycles. The molecule has 2 aromatic rings. The minimum Gasteiger partial charge on any atom is -0.618 e. The van der Waals surface area contributed by atoms with E-state index in [1.54, 1.807) is 0 Å². The van der Waals surface area contributed by atoms with Crippen molar-refractivity contribution in [2.24, 2.45) is 0 Å². The van der Waals surface area contributed by atoms with Crippen molar-refractivity contribution in [3.05, 3.63) is 65.4 Å². The smallest absolute Gasteiger partial charge is 0.405 e. The monoisotopic (exact) mass is 290 g/mol. The number of hydrogen-bond acceptors (Lipinski definition) is 4. The number of amides is 1. The van der Waals surface area contributed by atoms with Gasteiger partial charge in [-0.25, -0.2) is 9.18 Å². The summed E-state index contributed by atoms with van der Waals surface area (Å²) in [4.78, 5) is 23.1. The van der Waals surface area contributed by atoms with E-state index in [1.165, 1.54) is 42.5 Å². The lowest BCUT2D eigenvalue weighted by Gasteiger charge is -2.06. The highest BCUT2D eigenvalue weighted by atomic mass is 19.1. The fraction of sp³-hybridized carbons (Fsp3) is 0.0714. The molecule has 0 unspecified atom stereocenters. The summed E-state index contributed by atoms with van der Waals surface area (Å²) in [6.45, 7) is -0.550. The van der Waals surface area contributed by atoms with Gasteiger partial charge in [-0.2, -0.15) is 4.73 Å². The molecule has 6 nitrogen and oxygen atoms in total. The summed E-state index contributed by atoms with van der Waals surface area (Å²) in [6.07, 6.45) is 1.15. The van der Waals surface area contributed by atoms with Gasteiger partial charge in [0, 0.05) is 17.8 Å². The Morgan fingerprint density at radius 2 is 1.90 bits per heavy atom. The first-order valence-corrected chi connectivity index (χ1v) is 5.97. The van der Waals surface area contributed by atoms with Crippen LogP contribution in [0.4, 0.5) is 10.1 Å². The van der Waals surface area contributed by atoms with Gasteiger partial charge in [-0.3, -0.25) is 4.79 Å². The van der Waals surface area contributed by atoms with Gasteiger partial charge in [0.25, 0.3) is 5.91 Å². The molecular weight excluding hydrogens is 279 g/mol. The zero-order chi connectivity index (χ0) is 15.2.